The maximum Gasteiger partial charge on any atom is 0.264 e. The summed E-state index contributed by atoms with van der Waals surface area (Å²) in [6.07, 6.45) is 0. The summed E-state index contributed by atoms with van der Waals surface area (Å²) in [4.78, 5) is 12.8. The number of sulfonamides is 1. The van der Waals surface area contributed by atoms with Gasteiger partial charge in [0.15, 0.2) is 0 Å². The minimum atomic E-state index is -3.99. The highest BCUT2D eigenvalue weighted by molar-refractivity contribution is 7.92. The van der Waals surface area contributed by atoms with Crippen molar-refractivity contribution in [2.45, 2.75) is 38.0 Å². The Morgan fingerprint density at radius 2 is 1.44 bits per heavy atom. The van der Waals surface area contributed by atoms with E-state index in [-0.39, 0.29) is 30.0 Å². The van der Waals surface area contributed by atoms with E-state index in [1.807, 2.05) is 31.2 Å². The fourth-order valence-electron chi connectivity index (χ4n) is 3.51. The first-order valence-corrected chi connectivity index (χ1v) is 13.4. The number of nitrogens with zero attached hydrogens (tertiary/aromatic N) is 1. The minimum Gasteiger partial charge on any atom is -0.494 e. The van der Waals surface area contributed by atoms with Gasteiger partial charge in [-0.25, -0.2) is 8.42 Å². The molecule has 0 fully saturated rings. The standard InChI is InChI=1S/C28H34N2O5S/c1-5-34-24-15-17-26(18-16-24)36(32,33)30(23-9-7-6-8-10-23)21-27(31)29-19-20-35-25-13-11-22(12-14-25)28(2,3)4/h6-18H,5,19-21H2,1-4H3,(H,29,31). The Morgan fingerprint density at radius 1 is 0.861 bits per heavy atom. The fourth-order valence-corrected chi connectivity index (χ4v) is 4.93. The largest absolute Gasteiger partial charge is 0.494 e. The number of rotatable bonds is 11. The summed E-state index contributed by atoms with van der Waals surface area (Å²) in [5, 5.41) is 2.75. The molecule has 0 saturated carbocycles. The molecule has 7 nitrogen and oxygen atoms in total. The number of ether oxygens (including phenoxy) is 2. The van der Waals surface area contributed by atoms with Gasteiger partial charge in [0.2, 0.25) is 5.91 Å². The predicted octanol–water partition coefficient (Wildman–Crippen LogP) is 4.77. The molecule has 0 aliphatic rings. The summed E-state index contributed by atoms with van der Waals surface area (Å²) in [5.74, 6) is 0.856. The Hall–Kier alpha value is -3.52. The predicted molar refractivity (Wildman–Crippen MR) is 142 cm³/mol. The Morgan fingerprint density at radius 3 is 2.03 bits per heavy atom. The number of carbonyl (C=O) groups excluding carboxylic acids is 1. The molecule has 0 unspecified atom stereocenters. The van der Waals surface area contributed by atoms with Crippen molar-refractivity contribution in [1.29, 1.82) is 0 Å². The maximum absolute atomic E-state index is 13.4. The third kappa shape index (κ3) is 7.24. The number of hydrogen-bond acceptors (Lipinski definition) is 5. The molecule has 0 aliphatic heterocycles. The van der Waals surface area contributed by atoms with Crippen molar-refractivity contribution < 1.29 is 22.7 Å². The van der Waals surface area contributed by atoms with E-state index >= 15 is 0 Å². The second-order valence-electron chi connectivity index (χ2n) is 9.22. The highest BCUT2D eigenvalue weighted by atomic mass is 32.2. The van der Waals surface area contributed by atoms with Gasteiger partial charge < -0.3 is 14.8 Å². The Balaban J connectivity index is 1.63. The summed E-state index contributed by atoms with van der Waals surface area (Å²) in [6.45, 7) is 8.92. The minimum absolute atomic E-state index is 0.0583. The summed E-state index contributed by atoms with van der Waals surface area (Å²) in [6, 6.07) is 22.6. The van der Waals surface area contributed by atoms with Crippen molar-refractivity contribution in [2.75, 3.05) is 30.6 Å². The normalized spacial score (nSPS) is 11.6. The second-order valence-corrected chi connectivity index (χ2v) is 11.1. The lowest BCUT2D eigenvalue weighted by molar-refractivity contribution is -0.119. The first kappa shape index (κ1) is 27.1. The molecule has 0 heterocycles. The van der Waals surface area contributed by atoms with Crippen LogP contribution >= 0.6 is 0 Å². The van der Waals surface area contributed by atoms with Crippen LogP contribution in [0.2, 0.25) is 0 Å². The third-order valence-electron chi connectivity index (χ3n) is 5.47. The van der Waals surface area contributed by atoms with Gasteiger partial charge in [0, 0.05) is 0 Å². The van der Waals surface area contributed by atoms with Gasteiger partial charge in [-0.2, -0.15) is 0 Å². The number of para-hydroxylation sites is 1. The highest BCUT2D eigenvalue weighted by Gasteiger charge is 2.27. The van der Waals surface area contributed by atoms with E-state index in [1.165, 1.54) is 17.7 Å². The first-order valence-electron chi connectivity index (χ1n) is 11.9. The number of carbonyl (C=O) groups is 1. The molecule has 3 rings (SSSR count). The monoisotopic (exact) mass is 510 g/mol. The fraction of sp³-hybridized carbons (Fsp3) is 0.321. The van der Waals surface area contributed by atoms with Gasteiger partial charge in [0.05, 0.1) is 23.7 Å². The molecule has 1 amide bonds. The smallest absolute Gasteiger partial charge is 0.264 e. The molecule has 0 atom stereocenters. The molecule has 8 heteroatoms. The highest BCUT2D eigenvalue weighted by Crippen LogP contribution is 2.26. The zero-order valence-electron chi connectivity index (χ0n) is 21.2. The van der Waals surface area contributed by atoms with Gasteiger partial charge in [-0.15, -0.1) is 0 Å². The van der Waals surface area contributed by atoms with Crippen LogP contribution < -0.4 is 19.1 Å². The molecule has 0 aromatic heterocycles. The molecule has 3 aromatic carbocycles. The van der Waals surface area contributed by atoms with E-state index in [0.717, 1.165) is 4.31 Å². The van der Waals surface area contributed by atoms with E-state index in [1.54, 1.807) is 42.5 Å². The van der Waals surface area contributed by atoms with Crippen LogP contribution in [0.1, 0.15) is 33.3 Å². The Kier molecular flexibility index (Phi) is 8.98. The van der Waals surface area contributed by atoms with Crippen molar-refractivity contribution in [2.24, 2.45) is 0 Å². The summed E-state index contributed by atoms with van der Waals surface area (Å²) >= 11 is 0. The van der Waals surface area contributed by atoms with Crippen molar-refractivity contribution >= 4 is 21.6 Å². The number of hydrogen-bond donors (Lipinski definition) is 1. The molecule has 0 aliphatic carbocycles. The zero-order chi connectivity index (χ0) is 26.2. The van der Waals surface area contributed by atoms with E-state index in [4.69, 9.17) is 9.47 Å². The van der Waals surface area contributed by atoms with Crippen LogP contribution in [0.4, 0.5) is 5.69 Å². The summed E-state index contributed by atoms with van der Waals surface area (Å²) < 4.78 is 39.1. The van der Waals surface area contributed by atoms with E-state index in [2.05, 4.69) is 26.1 Å². The van der Waals surface area contributed by atoms with E-state index in [9.17, 15) is 13.2 Å². The number of benzene rings is 3. The molecular formula is C28H34N2O5S. The molecule has 36 heavy (non-hydrogen) atoms. The van der Waals surface area contributed by atoms with Gasteiger partial charge in [-0.3, -0.25) is 9.10 Å². The van der Waals surface area contributed by atoms with Crippen LogP contribution in [0.15, 0.2) is 83.8 Å². The summed E-state index contributed by atoms with van der Waals surface area (Å²) in [7, 11) is -3.99. The lowest BCUT2D eigenvalue weighted by atomic mass is 9.87. The van der Waals surface area contributed by atoms with Crippen LogP contribution in [0, 0.1) is 0 Å². The number of amides is 1. The Bertz CT molecular complexity index is 1220. The number of anilines is 1. The molecule has 3 aromatic rings. The molecule has 1 N–H and O–H groups in total. The molecule has 0 radical (unpaired) electrons. The van der Waals surface area contributed by atoms with Crippen molar-refractivity contribution in [3.8, 4) is 11.5 Å². The van der Waals surface area contributed by atoms with Gasteiger partial charge in [0.25, 0.3) is 10.0 Å². The van der Waals surface area contributed by atoms with Gasteiger partial charge in [-0.05, 0) is 66.4 Å². The average molecular weight is 511 g/mol. The molecular weight excluding hydrogens is 476 g/mol. The Labute approximate surface area is 214 Å². The number of nitrogens with one attached hydrogen (secondary N) is 1. The quantitative estimate of drug-likeness (QED) is 0.376. The van der Waals surface area contributed by atoms with Crippen LogP contribution in [-0.2, 0) is 20.2 Å². The van der Waals surface area contributed by atoms with Crippen LogP contribution in [0.3, 0.4) is 0 Å². The van der Waals surface area contributed by atoms with Crippen LogP contribution in [-0.4, -0.2) is 40.6 Å². The van der Waals surface area contributed by atoms with Crippen LogP contribution in [0.25, 0.3) is 0 Å². The van der Waals surface area contributed by atoms with Gasteiger partial charge >= 0.3 is 0 Å². The van der Waals surface area contributed by atoms with Crippen molar-refractivity contribution in [1.82, 2.24) is 5.32 Å². The van der Waals surface area contributed by atoms with Gasteiger partial charge in [0.1, 0.15) is 24.7 Å². The SMILES string of the molecule is CCOc1ccc(S(=O)(=O)N(CC(=O)NCCOc2ccc(C(C)(C)C)cc2)c2ccccc2)cc1. The lowest BCUT2D eigenvalue weighted by Gasteiger charge is -2.24. The maximum atomic E-state index is 13.4. The molecule has 192 valence electrons. The molecule has 0 bridgehead atoms. The molecule has 0 spiro atoms. The first-order chi connectivity index (χ1) is 17.1. The summed E-state index contributed by atoms with van der Waals surface area (Å²) in [5.41, 5.74) is 1.66. The zero-order valence-corrected chi connectivity index (χ0v) is 22.0. The van der Waals surface area contributed by atoms with Crippen molar-refractivity contribution in [3.63, 3.8) is 0 Å². The second kappa shape index (κ2) is 11.9. The third-order valence-corrected chi connectivity index (χ3v) is 7.26. The van der Waals surface area contributed by atoms with E-state index in [0.29, 0.717) is 23.8 Å². The van der Waals surface area contributed by atoms with Crippen LogP contribution in [0.5, 0.6) is 11.5 Å². The van der Waals surface area contributed by atoms with E-state index < -0.39 is 15.9 Å². The van der Waals surface area contributed by atoms with Crippen molar-refractivity contribution in [3.05, 3.63) is 84.4 Å². The topological polar surface area (TPSA) is 84.9 Å². The van der Waals surface area contributed by atoms with Gasteiger partial charge in [-0.1, -0.05) is 51.1 Å². The average Bonchev–Trinajstić information content (AvgIpc) is 2.86. The molecule has 0 saturated heterocycles. The lowest BCUT2D eigenvalue weighted by Crippen LogP contribution is -2.41.